The minimum Gasteiger partial charge on any atom is -0.489 e. The Morgan fingerprint density at radius 3 is 2.75 bits per heavy atom. The van der Waals surface area contributed by atoms with E-state index >= 15 is 0 Å². The molecule has 0 spiro atoms. The molecule has 2 N–H and O–H groups in total. The van der Waals surface area contributed by atoms with Gasteiger partial charge in [-0.2, -0.15) is 0 Å². The molecule has 0 saturated heterocycles. The first kappa shape index (κ1) is 11.7. The fraction of sp³-hybridized carbons (Fsp3) is 0.538. The first-order valence-corrected chi connectivity index (χ1v) is 6.23. The van der Waals surface area contributed by atoms with Crippen molar-refractivity contribution in [1.82, 2.24) is 0 Å². The molecule has 0 radical (unpaired) electrons. The Morgan fingerprint density at radius 2 is 2.06 bits per heavy atom. The second kappa shape index (κ2) is 5.07. The highest BCUT2D eigenvalue weighted by atomic mass is 35.5. The third-order valence-corrected chi connectivity index (χ3v) is 3.59. The molecule has 0 aliphatic heterocycles. The zero-order chi connectivity index (χ0) is 11.5. The van der Waals surface area contributed by atoms with Crippen molar-refractivity contribution in [3.8, 4) is 5.75 Å². The summed E-state index contributed by atoms with van der Waals surface area (Å²) in [6, 6.07) is 5.94. The smallest absolute Gasteiger partial charge is 0.120 e. The van der Waals surface area contributed by atoms with Gasteiger partial charge in [0.15, 0.2) is 0 Å². The number of hydrogen-bond donors (Lipinski definition) is 1. The van der Waals surface area contributed by atoms with Crippen LogP contribution in [0.15, 0.2) is 18.2 Å². The topological polar surface area (TPSA) is 35.2 Å². The monoisotopic (exact) mass is 239 g/mol. The molecule has 0 heterocycles. The van der Waals surface area contributed by atoms with Gasteiger partial charge in [-0.25, -0.2) is 0 Å². The molecule has 2 rings (SSSR count). The van der Waals surface area contributed by atoms with Crippen molar-refractivity contribution in [1.29, 1.82) is 0 Å². The summed E-state index contributed by atoms with van der Waals surface area (Å²) in [5.74, 6) is 0.879. The zero-order valence-corrected chi connectivity index (χ0v) is 10.3. The van der Waals surface area contributed by atoms with E-state index < -0.39 is 0 Å². The summed E-state index contributed by atoms with van der Waals surface area (Å²) in [5, 5.41) is 0.778. The van der Waals surface area contributed by atoms with Crippen molar-refractivity contribution in [2.75, 3.05) is 0 Å². The molecule has 0 amide bonds. The molecule has 16 heavy (non-hydrogen) atoms. The fourth-order valence-electron chi connectivity index (χ4n) is 2.14. The van der Waals surface area contributed by atoms with E-state index in [1.54, 1.807) is 0 Å². The average molecular weight is 240 g/mol. The Hall–Kier alpha value is -0.730. The van der Waals surface area contributed by atoms with E-state index in [1.165, 1.54) is 12.8 Å². The number of nitrogens with two attached hydrogens (primary N) is 1. The van der Waals surface area contributed by atoms with Gasteiger partial charge in [0.25, 0.3) is 0 Å². The highest BCUT2D eigenvalue weighted by Crippen LogP contribution is 2.25. The van der Waals surface area contributed by atoms with Crippen LogP contribution in [0.25, 0.3) is 0 Å². The van der Waals surface area contributed by atoms with Crippen LogP contribution >= 0.6 is 11.6 Å². The van der Waals surface area contributed by atoms with Gasteiger partial charge >= 0.3 is 0 Å². The van der Waals surface area contributed by atoms with E-state index in [2.05, 4.69) is 0 Å². The Morgan fingerprint density at radius 1 is 1.31 bits per heavy atom. The molecule has 1 fully saturated rings. The number of aryl methyl sites for hydroxylation is 1. The van der Waals surface area contributed by atoms with Crippen molar-refractivity contribution in [2.45, 2.75) is 44.8 Å². The van der Waals surface area contributed by atoms with Crippen LogP contribution in [0, 0.1) is 6.92 Å². The zero-order valence-electron chi connectivity index (χ0n) is 9.58. The minimum absolute atomic E-state index is 0.161. The quantitative estimate of drug-likeness (QED) is 0.860. The molecular formula is C13H18ClNO. The van der Waals surface area contributed by atoms with E-state index in [0.717, 1.165) is 29.2 Å². The molecule has 2 atom stereocenters. The number of benzene rings is 1. The first-order chi connectivity index (χ1) is 7.66. The van der Waals surface area contributed by atoms with Crippen LogP contribution in [0.4, 0.5) is 0 Å². The lowest BCUT2D eigenvalue weighted by Gasteiger charge is -2.29. The van der Waals surface area contributed by atoms with Crippen LogP contribution in [0.2, 0.25) is 5.02 Å². The van der Waals surface area contributed by atoms with E-state index in [9.17, 15) is 0 Å². The number of hydrogen-bond acceptors (Lipinski definition) is 2. The largest absolute Gasteiger partial charge is 0.489 e. The van der Waals surface area contributed by atoms with Gasteiger partial charge in [-0.15, -0.1) is 0 Å². The first-order valence-electron chi connectivity index (χ1n) is 5.85. The van der Waals surface area contributed by atoms with E-state index in [0.29, 0.717) is 0 Å². The predicted molar refractivity (Wildman–Crippen MR) is 67.0 cm³/mol. The van der Waals surface area contributed by atoms with Crippen LogP contribution in [-0.2, 0) is 0 Å². The lowest BCUT2D eigenvalue weighted by atomic mass is 9.93. The number of rotatable bonds is 2. The molecule has 1 aromatic carbocycles. The maximum Gasteiger partial charge on any atom is 0.120 e. The average Bonchev–Trinajstić information content (AvgIpc) is 2.27. The van der Waals surface area contributed by atoms with Crippen molar-refractivity contribution < 1.29 is 4.74 Å². The van der Waals surface area contributed by atoms with E-state index in [1.807, 2.05) is 25.1 Å². The van der Waals surface area contributed by atoms with Crippen LogP contribution in [-0.4, -0.2) is 12.1 Å². The van der Waals surface area contributed by atoms with Crippen molar-refractivity contribution in [3.63, 3.8) is 0 Å². The van der Waals surface area contributed by atoms with Crippen LogP contribution in [0.1, 0.15) is 31.2 Å². The molecule has 1 aromatic rings. The van der Waals surface area contributed by atoms with Crippen molar-refractivity contribution in [3.05, 3.63) is 28.8 Å². The number of halogens is 1. The summed E-state index contributed by atoms with van der Waals surface area (Å²) in [6.45, 7) is 1.98. The van der Waals surface area contributed by atoms with Crippen LogP contribution in [0.5, 0.6) is 5.75 Å². The van der Waals surface area contributed by atoms with Gasteiger partial charge in [0.2, 0.25) is 0 Å². The van der Waals surface area contributed by atoms with Gasteiger partial charge in [0.05, 0.1) is 0 Å². The third kappa shape index (κ3) is 2.69. The second-order valence-electron chi connectivity index (χ2n) is 4.52. The van der Waals surface area contributed by atoms with Gasteiger partial charge in [-0.3, -0.25) is 0 Å². The van der Waals surface area contributed by atoms with Gasteiger partial charge in [0, 0.05) is 11.1 Å². The van der Waals surface area contributed by atoms with Crippen LogP contribution < -0.4 is 10.5 Å². The van der Waals surface area contributed by atoms with Gasteiger partial charge < -0.3 is 10.5 Å². The summed E-state index contributed by atoms with van der Waals surface area (Å²) in [7, 11) is 0. The van der Waals surface area contributed by atoms with Gasteiger partial charge in [-0.1, -0.05) is 18.0 Å². The lowest BCUT2D eigenvalue weighted by molar-refractivity contribution is 0.132. The Kier molecular flexibility index (Phi) is 3.72. The molecule has 2 nitrogen and oxygen atoms in total. The molecule has 1 aliphatic carbocycles. The van der Waals surface area contributed by atoms with Crippen LogP contribution in [0.3, 0.4) is 0 Å². The Bertz CT molecular complexity index is 367. The minimum atomic E-state index is 0.161. The predicted octanol–water partition coefficient (Wildman–Crippen LogP) is 3.30. The fourth-order valence-corrected chi connectivity index (χ4v) is 2.25. The molecule has 88 valence electrons. The summed E-state index contributed by atoms with van der Waals surface area (Å²) in [6.07, 6.45) is 4.72. The summed E-state index contributed by atoms with van der Waals surface area (Å²) in [5.41, 5.74) is 7.09. The summed E-state index contributed by atoms with van der Waals surface area (Å²) in [4.78, 5) is 0. The maximum absolute atomic E-state index is 6.04. The van der Waals surface area contributed by atoms with E-state index in [-0.39, 0.29) is 12.1 Å². The van der Waals surface area contributed by atoms with Crippen molar-refractivity contribution >= 4 is 11.6 Å². The molecule has 3 heteroatoms. The standard InChI is InChI=1S/C13H18ClNO/c1-9-8-10(6-7-11(9)14)16-13-5-3-2-4-12(13)15/h6-8,12-13H,2-5,15H2,1H3. The number of ether oxygens (including phenoxy) is 1. The second-order valence-corrected chi connectivity index (χ2v) is 4.92. The Labute approximate surface area is 102 Å². The molecule has 2 unspecified atom stereocenters. The highest BCUT2D eigenvalue weighted by Gasteiger charge is 2.23. The summed E-state index contributed by atoms with van der Waals surface area (Å²) >= 11 is 5.97. The third-order valence-electron chi connectivity index (χ3n) is 3.17. The normalized spacial score (nSPS) is 25.4. The highest BCUT2D eigenvalue weighted by molar-refractivity contribution is 6.31. The van der Waals surface area contributed by atoms with Gasteiger partial charge in [-0.05, 0) is 49.9 Å². The summed E-state index contributed by atoms with van der Waals surface area (Å²) < 4.78 is 5.92. The SMILES string of the molecule is Cc1cc(OC2CCCCC2N)ccc1Cl. The van der Waals surface area contributed by atoms with Crippen molar-refractivity contribution in [2.24, 2.45) is 5.73 Å². The van der Waals surface area contributed by atoms with E-state index in [4.69, 9.17) is 22.1 Å². The lowest BCUT2D eigenvalue weighted by Crippen LogP contribution is -2.41. The molecule has 1 saturated carbocycles. The molecule has 1 aliphatic rings. The molecule has 0 aromatic heterocycles. The maximum atomic E-state index is 6.04. The molecule has 0 bridgehead atoms. The molecular weight excluding hydrogens is 222 g/mol. The van der Waals surface area contributed by atoms with Gasteiger partial charge in [0.1, 0.15) is 11.9 Å². The Balaban J connectivity index is 2.05.